The van der Waals surface area contributed by atoms with Gasteiger partial charge in [0.05, 0.1) is 7.11 Å². The number of oxazole rings is 1. The number of nitrogens with one attached hydrogen (secondary N) is 2. The van der Waals surface area contributed by atoms with Gasteiger partial charge < -0.3 is 24.2 Å². The molecule has 1 atom stereocenters. The highest BCUT2D eigenvalue weighted by atomic mass is 16.5. The number of fused-ring (bicyclic) bond motifs is 1. The molecule has 5 aromatic rings. The van der Waals surface area contributed by atoms with Crippen LogP contribution in [0.4, 0.5) is 4.79 Å². The van der Waals surface area contributed by atoms with Crippen LogP contribution in [0.1, 0.15) is 33.5 Å². The molecule has 8 nitrogen and oxygen atoms in total. The molecule has 186 valence electrons. The highest BCUT2D eigenvalue weighted by molar-refractivity contribution is 5.93. The van der Waals surface area contributed by atoms with E-state index >= 15 is 0 Å². The summed E-state index contributed by atoms with van der Waals surface area (Å²) in [6.07, 6.45) is 1.60. The minimum atomic E-state index is -0.719. The SMILES string of the molecule is COC(=O)c1nc([C@H](Cc2c[nH]c3ccccc23)NC(=O)OCc2ccccc2)oc1-c1ccccc1. The van der Waals surface area contributed by atoms with Crippen molar-refractivity contribution in [2.75, 3.05) is 7.11 Å². The lowest BCUT2D eigenvalue weighted by Crippen LogP contribution is -2.30. The molecular weight excluding hydrogens is 470 g/mol. The molecule has 1 amide bonds. The van der Waals surface area contributed by atoms with E-state index in [0.29, 0.717) is 12.0 Å². The molecule has 37 heavy (non-hydrogen) atoms. The van der Waals surface area contributed by atoms with Gasteiger partial charge in [-0.1, -0.05) is 78.9 Å². The second-order valence-corrected chi connectivity index (χ2v) is 8.41. The Morgan fingerprint density at radius 2 is 1.68 bits per heavy atom. The van der Waals surface area contributed by atoms with Crippen molar-refractivity contribution in [3.63, 3.8) is 0 Å². The molecule has 0 saturated carbocycles. The number of para-hydroxylation sites is 1. The van der Waals surface area contributed by atoms with E-state index in [2.05, 4.69) is 15.3 Å². The third kappa shape index (κ3) is 5.38. The van der Waals surface area contributed by atoms with Gasteiger partial charge in [-0.15, -0.1) is 0 Å². The van der Waals surface area contributed by atoms with Crippen LogP contribution in [0.25, 0.3) is 22.2 Å². The zero-order valence-corrected chi connectivity index (χ0v) is 20.1. The van der Waals surface area contributed by atoms with Gasteiger partial charge in [0, 0.05) is 29.1 Å². The summed E-state index contributed by atoms with van der Waals surface area (Å²) in [5, 5.41) is 3.88. The number of benzene rings is 3. The number of carbonyl (C=O) groups is 2. The predicted octanol–water partition coefficient (Wildman–Crippen LogP) is 5.82. The van der Waals surface area contributed by atoms with Gasteiger partial charge in [-0.2, -0.15) is 0 Å². The highest BCUT2D eigenvalue weighted by Gasteiger charge is 2.28. The summed E-state index contributed by atoms with van der Waals surface area (Å²) in [5.74, 6) is -0.196. The van der Waals surface area contributed by atoms with Crippen LogP contribution in [-0.2, 0) is 22.5 Å². The molecule has 0 saturated heterocycles. The smallest absolute Gasteiger partial charge is 0.408 e. The molecule has 8 heteroatoms. The molecule has 3 aromatic carbocycles. The average Bonchev–Trinajstić information content (AvgIpc) is 3.57. The maximum Gasteiger partial charge on any atom is 0.408 e. The van der Waals surface area contributed by atoms with E-state index in [4.69, 9.17) is 13.9 Å². The quantitative estimate of drug-likeness (QED) is 0.263. The van der Waals surface area contributed by atoms with Crippen LogP contribution in [-0.4, -0.2) is 29.1 Å². The molecular formula is C29H25N3O5. The van der Waals surface area contributed by atoms with Gasteiger partial charge in [0.1, 0.15) is 12.6 Å². The fraction of sp³-hybridized carbons (Fsp3) is 0.138. The molecule has 2 N–H and O–H groups in total. The predicted molar refractivity (Wildman–Crippen MR) is 138 cm³/mol. The van der Waals surface area contributed by atoms with E-state index in [1.165, 1.54) is 7.11 Å². The van der Waals surface area contributed by atoms with Crippen LogP contribution in [0.3, 0.4) is 0 Å². The molecule has 0 fully saturated rings. The standard InChI is InChI=1S/C29H25N3O5/c1-35-28(33)25-26(20-12-6-3-7-13-20)37-27(32-25)24(16-21-17-30-23-15-9-8-14-22(21)23)31-29(34)36-18-19-10-4-2-5-11-19/h2-15,17,24,30H,16,18H2,1H3,(H,31,34)/t24-/m0/s1. The number of alkyl carbamates (subject to hydrolysis) is 1. The topological polar surface area (TPSA) is 106 Å². The van der Waals surface area contributed by atoms with Crippen molar-refractivity contribution in [1.82, 2.24) is 15.3 Å². The number of nitrogens with zero attached hydrogens (tertiary/aromatic N) is 1. The van der Waals surface area contributed by atoms with E-state index < -0.39 is 18.1 Å². The monoisotopic (exact) mass is 495 g/mol. The number of aromatic nitrogens is 2. The number of amides is 1. The number of esters is 1. The van der Waals surface area contributed by atoms with Gasteiger partial charge in [-0.3, -0.25) is 0 Å². The van der Waals surface area contributed by atoms with E-state index in [1.807, 2.05) is 91.1 Å². The number of ether oxygens (including phenoxy) is 2. The van der Waals surface area contributed by atoms with Crippen molar-refractivity contribution in [1.29, 1.82) is 0 Å². The van der Waals surface area contributed by atoms with Gasteiger partial charge in [0.25, 0.3) is 0 Å². The fourth-order valence-electron chi connectivity index (χ4n) is 4.13. The number of carbonyl (C=O) groups excluding carboxylic acids is 2. The van der Waals surface area contributed by atoms with Crippen LogP contribution < -0.4 is 5.32 Å². The molecule has 0 aliphatic heterocycles. The van der Waals surface area contributed by atoms with Gasteiger partial charge in [-0.25, -0.2) is 14.6 Å². The summed E-state index contributed by atoms with van der Waals surface area (Å²) in [6, 6.07) is 25.7. The Morgan fingerprint density at radius 3 is 2.43 bits per heavy atom. The lowest BCUT2D eigenvalue weighted by Gasteiger charge is -2.16. The third-order valence-corrected chi connectivity index (χ3v) is 5.96. The average molecular weight is 496 g/mol. The number of methoxy groups -OCH3 is 1. The first kappa shape index (κ1) is 23.9. The van der Waals surface area contributed by atoms with Gasteiger partial charge in [0.2, 0.25) is 5.89 Å². The molecule has 0 spiro atoms. The lowest BCUT2D eigenvalue weighted by molar-refractivity contribution is 0.0595. The van der Waals surface area contributed by atoms with Crippen LogP contribution >= 0.6 is 0 Å². The van der Waals surface area contributed by atoms with Gasteiger partial charge in [0.15, 0.2) is 11.5 Å². The lowest BCUT2D eigenvalue weighted by atomic mass is 10.0. The molecule has 0 aliphatic rings. The highest BCUT2D eigenvalue weighted by Crippen LogP contribution is 2.31. The van der Waals surface area contributed by atoms with Gasteiger partial charge in [-0.05, 0) is 17.2 Å². The first-order chi connectivity index (χ1) is 18.1. The Hall–Kier alpha value is -4.85. The van der Waals surface area contributed by atoms with Crippen molar-refractivity contribution in [3.05, 3.63) is 114 Å². The second kappa shape index (κ2) is 10.8. The largest absolute Gasteiger partial charge is 0.464 e. The summed E-state index contributed by atoms with van der Waals surface area (Å²) in [4.78, 5) is 33.1. The summed E-state index contributed by atoms with van der Waals surface area (Å²) in [7, 11) is 1.29. The van der Waals surface area contributed by atoms with Crippen molar-refractivity contribution in [2.24, 2.45) is 0 Å². The maximum atomic E-state index is 12.8. The Labute approximate surface area is 213 Å². The molecule has 0 radical (unpaired) electrons. The van der Waals surface area contributed by atoms with E-state index in [9.17, 15) is 9.59 Å². The normalized spacial score (nSPS) is 11.7. The minimum absolute atomic E-state index is 0.0343. The number of rotatable bonds is 8. The number of hydrogen-bond acceptors (Lipinski definition) is 6. The van der Waals surface area contributed by atoms with Crippen LogP contribution in [0, 0.1) is 0 Å². The van der Waals surface area contributed by atoms with E-state index in [0.717, 1.165) is 22.0 Å². The van der Waals surface area contributed by atoms with E-state index in [1.54, 1.807) is 0 Å². The van der Waals surface area contributed by atoms with Crippen molar-refractivity contribution in [3.8, 4) is 11.3 Å². The first-order valence-electron chi connectivity index (χ1n) is 11.8. The summed E-state index contributed by atoms with van der Waals surface area (Å²) < 4.78 is 16.5. The Balaban J connectivity index is 1.48. The number of H-pyrrole nitrogens is 1. The van der Waals surface area contributed by atoms with Crippen molar-refractivity contribution >= 4 is 23.0 Å². The Bertz CT molecular complexity index is 1510. The van der Waals surface area contributed by atoms with Gasteiger partial charge >= 0.3 is 12.1 Å². The number of aromatic amines is 1. The fourth-order valence-corrected chi connectivity index (χ4v) is 4.13. The molecule has 0 bridgehead atoms. The van der Waals surface area contributed by atoms with E-state index in [-0.39, 0.29) is 24.0 Å². The van der Waals surface area contributed by atoms with Crippen LogP contribution in [0.2, 0.25) is 0 Å². The zero-order valence-electron chi connectivity index (χ0n) is 20.1. The molecule has 2 heterocycles. The minimum Gasteiger partial charge on any atom is -0.464 e. The zero-order chi connectivity index (χ0) is 25.6. The molecule has 0 unspecified atom stereocenters. The molecule has 5 rings (SSSR count). The van der Waals surface area contributed by atoms with Crippen LogP contribution in [0.15, 0.2) is 95.5 Å². The number of hydrogen-bond donors (Lipinski definition) is 2. The van der Waals surface area contributed by atoms with Crippen LogP contribution in [0.5, 0.6) is 0 Å². The molecule has 2 aromatic heterocycles. The Morgan fingerprint density at radius 1 is 0.973 bits per heavy atom. The molecule has 0 aliphatic carbocycles. The summed E-state index contributed by atoms with van der Waals surface area (Å²) in [6.45, 7) is 0.112. The maximum absolute atomic E-state index is 12.8. The first-order valence-corrected chi connectivity index (χ1v) is 11.8. The van der Waals surface area contributed by atoms with Crippen molar-refractivity contribution in [2.45, 2.75) is 19.1 Å². The Kier molecular flexibility index (Phi) is 6.98. The second-order valence-electron chi connectivity index (χ2n) is 8.41. The third-order valence-electron chi connectivity index (χ3n) is 5.96. The summed E-state index contributed by atoms with van der Waals surface area (Å²) >= 11 is 0. The van der Waals surface area contributed by atoms with Crippen molar-refractivity contribution < 1.29 is 23.5 Å². The summed E-state index contributed by atoms with van der Waals surface area (Å²) in [5.41, 5.74) is 3.48.